The molecule has 0 saturated heterocycles. The fraction of sp³-hybridized carbons (Fsp3) is 0.800. The molecule has 2 saturated carbocycles. The highest BCUT2D eigenvalue weighted by atomic mass is 16.1. The maximum Gasteiger partial charge on any atom is 0.136 e. The van der Waals surface area contributed by atoms with Gasteiger partial charge in [-0.05, 0) is 25.2 Å². The van der Waals surface area contributed by atoms with Gasteiger partial charge in [0.2, 0.25) is 0 Å². The highest BCUT2D eigenvalue weighted by Crippen LogP contribution is 2.36. The molecule has 0 aromatic heterocycles. The average molecular weight is 166 g/mol. The molecule has 0 radical (unpaired) electrons. The van der Waals surface area contributed by atoms with Gasteiger partial charge in [-0.2, -0.15) is 0 Å². The number of carbonyl (C=O) groups is 2. The Labute approximate surface area is 72.3 Å². The summed E-state index contributed by atoms with van der Waals surface area (Å²) >= 11 is 0. The SMILES string of the molecule is O=C1CC[C@@H]2C(=O)CCC[C@H]2C1. The summed E-state index contributed by atoms with van der Waals surface area (Å²) in [5, 5.41) is 0. The molecule has 0 amide bonds. The Morgan fingerprint density at radius 3 is 2.75 bits per heavy atom. The van der Waals surface area contributed by atoms with Gasteiger partial charge in [-0.15, -0.1) is 0 Å². The summed E-state index contributed by atoms with van der Waals surface area (Å²) in [7, 11) is 0. The molecule has 66 valence electrons. The van der Waals surface area contributed by atoms with Crippen LogP contribution in [0.1, 0.15) is 38.5 Å². The molecule has 0 heterocycles. The lowest BCUT2D eigenvalue weighted by Gasteiger charge is -2.33. The van der Waals surface area contributed by atoms with E-state index in [0.29, 0.717) is 30.3 Å². The van der Waals surface area contributed by atoms with Crippen molar-refractivity contribution in [2.45, 2.75) is 38.5 Å². The van der Waals surface area contributed by atoms with Crippen LogP contribution in [0.5, 0.6) is 0 Å². The van der Waals surface area contributed by atoms with E-state index in [1.54, 1.807) is 0 Å². The first-order valence-corrected chi connectivity index (χ1v) is 4.82. The van der Waals surface area contributed by atoms with Crippen molar-refractivity contribution in [2.75, 3.05) is 0 Å². The molecule has 0 spiro atoms. The topological polar surface area (TPSA) is 34.1 Å². The number of Topliss-reactive ketones (excluding diaryl/α,β-unsaturated/α-hetero) is 2. The quantitative estimate of drug-likeness (QED) is 0.549. The molecule has 2 fully saturated rings. The van der Waals surface area contributed by atoms with Gasteiger partial charge >= 0.3 is 0 Å². The maximum absolute atomic E-state index is 11.4. The summed E-state index contributed by atoms with van der Waals surface area (Å²) in [5.74, 6) is 1.44. The number of hydrogen-bond acceptors (Lipinski definition) is 2. The molecular weight excluding hydrogens is 152 g/mol. The van der Waals surface area contributed by atoms with Crippen LogP contribution in [0.3, 0.4) is 0 Å². The molecule has 0 aromatic rings. The summed E-state index contributed by atoms with van der Waals surface area (Å²) in [5.41, 5.74) is 0. The average Bonchev–Trinajstić information content (AvgIpc) is 2.04. The molecule has 2 heteroatoms. The lowest BCUT2D eigenvalue weighted by molar-refractivity contribution is -0.132. The Balaban J connectivity index is 2.09. The molecule has 2 nitrogen and oxygen atoms in total. The third-order valence-electron chi connectivity index (χ3n) is 3.20. The first-order valence-electron chi connectivity index (χ1n) is 4.82. The monoisotopic (exact) mass is 166 g/mol. The fourth-order valence-electron chi connectivity index (χ4n) is 2.54. The second-order valence-corrected chi connectivity index (χ2v) is 4.01. The van der Waals surface area contributed by atoms with Gasteiger partial charge in [0.25, 0.3) is 0 Å². The third kappa shape index (κ3) is 1.30. The summed E-state index contributed by atoms with van der Waals surface area (Å²) in [6.45, 7) is 0. The minimum Gasteiger partial charge on any atom is -0.300 e. The molecule has 2 atom stereocenters. The van der Waals surface area contributed by atoms with Crippen LogP contribution in [0, 0.1) is 11.8 Å². The van der Waals surface area contributed by atoms with Crippen LogP contribution in [-0.4, -0.2) is 11.6 Å². The highest BCUT2D eigenvalue weighted by molar-refractivity contribution is 5.86. The van der Waals surface area contributed by atoms with E-state index in [-0.39, 0.29) is 5.92 Å². The van der Waals surface area contributed by atoms with Gasteiger partial charge in [0, 0.05) is 25.2 Å². The summed E-state index contributed by atoms with van der Waals surface area (Å²) in [4.78, 5) is 22.5. The van der Waals surface area contributed by atoms with Crippen molar-refractivity contribution >= 4 is 11.6 Å². The summed E-state index contributed by atoms with van der Waals surface area (Å²) in [6, 6.07) is 0. The van der Waals surface area contributed by atoms with E-state index >= 15 is 0 Å². The third-order valence-corrected chi connectivity index (χ3v) is 3.20. The van der Waals surface area contributed by atoms with Crippen molar-refractivity contribution in [2.24, 2.45) is 11.8 Å². The zero-order chi connectivity index (χ0) is 8.55. The van der Waals surface area contributed by atoms with Gasteiger partial charge in [0.15, 0.2) is 0 Å². The van der Waals surface area contributed by atoms with Crippen molar-refractivity contribution in [3.8, 4) is 0 Å². The van der Waals surface area contributed by atoms with Crippen LogP contribution in [0.4, 0.5) is 0 Å². The van der Waals surface area contributed by atoms with Crippen molar-refractivity contribution in [1.82, 2.24) is 0 Å². The molecule has 0 aromatic carbocycles. The molecule has 2 rings (SSSR count). The van der Waals surface area contributed by atoms with E-state index < -0.39 is 0 Å². The Morgan fingerprint density at radius 1 is 1.08 bits per heavy atom. The molecule has 0 N–H and O–H groups in total. The van der Waals surface area contributed by atoms with Crippen molar-refractivity contribution in [1.29, 1.82) is 0 Å². The van der Waals surface area contributed by atoms with Crippen LogP contribution in [-0.2, 0) is 9.59 Å². The number of carbonyl (C=O) groups excluding carboxylic acids is 2. The number of ketones is 2. The van der Waals surface area contributed by atoms with E-state index in [9.17, 15) is 9.59 Å². The van der Waals surface area contributed by atoms with Gasteiger partial charge in [-0.3, -0.25) is 9.59 Å². The molecule has 0 aliphatic heterocycles. The molecular formula is C10H14O2. The van der Waals surface area contributed by atoms with Gasteiger partial charge in [0.05, 0.1) is 0 Å². The molecule has 2 aliphatic rings. The van der Waals surface area contributed by atoms with E-state index in [2.05, 4.69) is 0 Å². The van der Waals surface area contributed by atoms with Gasteiger partial charge < -0.3 is 0 Å². The molecule has 2 aliphatic carbocycles. The normalized spacial score (nSPS) is 36.3. The number of hydrogen-bond donors (Lipinski definition) is 0. The predicted molar refractivity (Wildman–Crippen MR) is 44.7 cm³/mol. The zero-order valence-electron chi connectivity index (χ0n) is 7.21. The lowest BCUT2D eigenvalue weighted by atomic mass is 9.70. The Bertz CT molecular complexity index is 220. The first kappa shape index (κ1) is 7.96. The van der Waals surface area contributed by atoms with Crippen molar-refractivity contribution in [3.63, 3.8) is 0 Å². The molecule has 12 heavy (non-hydrogen) atoms. The summed E-state index contributed by atoms with van der Waals surface area (Å²) < 4.78 is 0. The maximum atomic E-state index is 11.4. The van der Waals surface area contributed by atoms with Gasteiger partial charge in [-0.25, -0.2) is 0 Å². The fourth-order valence-corrected chi connectivity index (χ4v) is 2.54. The van der Waals surface area contributed by atoms with E-state index in [1.807, 2.05) is 0 Å². The van der Waals surface area contributed by atoms with Crippen LogP contribution in [0.25, 0.3) is 0 Å². The summed E-state index contributed by atoms with van der Waals surface area (Å²) in [6.07, 6.45) is 5.02. The van der Waals surface area contributed by atoms with Crippen LogP contribution >= 0.6 is 0 Å². The standard InChI is InChI=1S/C10H14O2/c11-8-4-5-9-7(6-8)2-1-3-10(9)12/h7,9H,1-6H2/t7-,9-/m0/s1. The Hall–Kier alpha value is -0.660. The minimum atomic E-state index is 0.247. The van der Waals surface area contributed by atoms with E-state index in [1.165, 1.54) is 0 Å². The van der Waals surface area contributed by atoms with Crippen molar-refractivity contribution < 1.29 is 9.59 Å². The smallest absolute Gasteiger partial charge is 0.136 e. The molecule has 0 unspecified atom stereocenters. The first-order chi connectivity index (χ1) is 5.77. The highest BCUT2D eigenvalue weighted by Gasteiger charge is 2.36. The van der Waals surface area contributed by atoms with Crippen LogP contribution < -0.4 is 0 Å². The zero-order valence-corrected chi connectivity index (χ0v) is 7.21. The van der Waals surface area contributed by atoms with Crippen molar-refractivity contribution in [3.05, 3.63) is 0 Å². The second kappa shape index (κ2) is 3.00. The number of fused-ring (bicyclic) bond motifs is 1. The van der Waals surface area contributed by atoms with E-state index in [4.69, 9.17) is 0 Å². The number of rotatable bonds is 0. The predicted octanol–water partition coefficient (Wildman–Crippen LogP) is 1.72. The van der Waals surface area contributed by atoms with Gasteiger partial charge in [0.1, 0.15) is 11.6 Å². The van der Waals surface area contributed by atoms with E-state index in [0.717, 1.165) is 25.7 Å². The largest absolute Gasteiger partial charge is 0.300 e. The Kier molecular flexibility index (Phi) is 1.99. The van der Waals surface area contributed by atoms with Gasteiger partial charge in [-0.1, -0.05) is 0 Å². The Morgan fingerprint density at radius 2 is 1.92 bits per heavy atom. The second-order valence-electron chi connectivity index (χ2n) is 4.01. The molecule has 0 bridgehead atoms. The van der Waals surface area contributed by atoms with Crippen LogP contribution in [0.2, 0.25) is 0 Å². The minimum absolute atomic E-state index is 0.247. The van der Waals surface area contributed by atoms with Crippen LogP contribution in [0.15, 0.2) is 0 Å². The lowest BCUT2D eigenvalue weighted by Crippen LogP contribution is -2.34.